The molecule has 2 N–H and O–H groups in total. The van der Waals surface area contributed by atoms with Crippen LogP contribution in [-0.4, -0.2) is 25.8 Å². The Morgan fingerprint density at radius 1 is 1.16 bits per heavy atom. The minimum Gasteiger partial charge on any atom is -0.755 e. The Labute approximate surface area is 147 Å². The maximum atomic E-state index is 10.7. The van der Waals surface area contributed by atoms with E-state index in [0.717, 1.165) is 22.2 Å². The molecule has 0 aliphatic heterocycles. The van der Waals surface area contributed by atoms with Crippen molar-refractivity contribution in [2.24, 2.45) is 0 Å². The molecule has 2 atom stereocenters. The molecule has 0 spiro atoms. The molecular weight excluding hydrogens is 340 g/mol. The molecule has 0 saturated heterocycles. The summed E-state index contributed by atoms with van der Waals surface area (Å²) >= 11 is -2.33. The van der Waals surface area contributed by atoms with Crippen molar-refractivity contribution >= 4 is 33.7 Å². The van der Waals surface area contributed by atoms with Crippen LogP contribution >= 0.6 is 0 Å². The molecule has 0 aliphatic rings. The molecule has 8 heteroatoms. The quantitative estimate of drug-likeness (QED) is 0.658. The first-order chi connectivity index (χ1) is 12.1. The van der Waals surface area contributed by atoms with Gasteiger partial charge in [-0.3, -0.25) is 4.21 Å². The van der Waals surface area contributed by atoms with Gasteiger partial charge < -0.3 is 19.3 Å². The Bertz CT molecular complexity index is 902. The number of hydrogen-bond donors (Lipinski definition) is 2. The Morgan fingerprint density at radius 3 is 2.60 bits per heavy atom. The summed E-state index contributed by atoms with van der Waals surface area (Å²) in [5.74, 6) is 1.44. The second-order valence-corrected chi connectivity index (χ2v) is 6.10. The molecule has 3 rings (SSSR count). The summed E-state index contributed by atoms with van der Waals surface area (Å²) < 4.78 is 28.9. The highest BCUT2D eigenvalue weighted by atomic mass is 32.2. The Hall–Kier alpha value is -2.71. The standard InChI is InChI=1S/C17H18N4O3S/c1-11(12-3-5-13(6-4-12)21-25(22)23)20-17-15-9-14(24-2)7-8-16(15)18-10-19-17/h3-11,21H,1-2H3,(H,22,23)(H,18,19,20)/p-1. The summed E-state index contributed by atoms with van der Waals surface area (Å²) in [6.07, 6.45) is 1.51. The van der Waals surface area contributed by atoms with Gasteiger partial charge in [0, 0.05) is 28.4 Å². The van der Waals surface area contributed by atoms with Crippen molar-refractivity contribution in [3.05, 3.63) is 54.4 Å². The van der Waals surface area contributed by atoms with Gasteiger partial charge in [-0.15, -0.1) is 0 Å². The molecule has 2 unspecified atom stereocenters. The van der Waals surface area contributed by atoms with Crippen molar-refractivity contribution in [3.8, 4) is 5.75 Å². The molecule has 0 radical (unpaired) electrons. The molecule has 3 aromatic rings. The monoisotopic (exact) mass is 357 g/mol. The predicted molar refractivity (Wildman–Crippen MR) is 97.1 cm³/mol. The van der Waals surface area contributed by atoms with Crippen molar-refractivity contribution in [3.63, 3.8) is 0 Å². The lowest BCUT2D eigenvalue weighted by Crippen LogP contribution is -2.09. The molecule has 0 bridgehead atoms. The van der Waals surface area contributed by atoms with E-state index in [1.54, 1.807) is 19.2 Å². The van der Waals surface area contributed by atoms with Gasteiger partial charge in [0.25, 0.3) is 0 Å². The smallest absolute Gasteiger partial charge is 0.137 e. The molecule has 0 amide bonds. The number of fused-ring (bicyclic) bond motifs is 1. The molecule has 0 aliphatic carbocycles. The second-order valence-electron chi connectivity index (χ2n) is 5.43. The lowest BCUT2D eigenvalue weighted by molar-refractivity contribution is 0.415. The minimum absolute atomic E-state index is 0.0314. The molecule has 2 aromatic carbocycles. The summed E-state index contributed by atoms with van der Waals surface area (Å²) in [6.45, 7) is 2.00. The average molecular weight is 357 g/mol. The van der Waals surface area contributed by atoms with Crippen LogP contribution < -0.4 is 14.8 Å². The Morgan fingerprint density at radius 2 is 1.92 bits per heavy atom. The van der Waals surface area contributed by atoms with E-state index in [0.29, 0.717) is 11.5 Å². The fourth-order valence-corrected chi connectivity index (χ4v) is 2.83. The fourth-order valence-electron chi connectivity index (χ4n) is 2.50. The summed E-state index contributed by atoms with van der Waals surface area (Å²) in [7, 11) is 1.62. The van der Waals surface area contributed by atoms with Crippen LogP contribution in [0, 0.1) is 0 Å². The van der Waals surface area contributed by atoms with Crippen molar-refractivity contribution in [1.82, 2.24) is 9.97 Å². The number of rotatable bonds is 6. The zero-order valence-electron chi connectivity index (χ0n) is 13.7. The van der Waals surface area contributed by atoms with Gasteiger partial charge >= 0.3 is 0 Å². The van der Waals surface area contributed by atoms with E-state index in [2.05, 4.69) is 20.0 Å². The Kier molecular flexibility index (Phi) is 5.11. The van der Waals surface area contributed by atoms with Crippen molar-refractivity contribution < 1.29 is 13.5 Å². The highest BCUT2D eigenvalue weighted by Crippen LogP contribution is 2.27. The number of nitrogens with zero attached hydrogens (tertiary/aromatic N) is 2. The zero-order chi connectivity index (χ0) is 17.8. The SMILES string of the molecule is COc1ccc2ncnc(NC(C)c3ccc(NS(=O)[O-])cc3)c2c1. The van der Waals surface area contributed by atoms with Crippen LogP contribution in [0.1, 0.15) is 18.5 Å². The number of hydrogen-bond acceptors (Lipinski definition) is 6. The third-order valence-electron chi connectivity index (χ3n) is 3.81. The van der Waals surface area contributed by atoms with Gasteiger partial charge in [-0.2, -0.15) is 0 Å². The first-order valence-corrected chi connectivity index (χ1v) is 8.65. The first kappa shape index (κ1) is 17.1. The highest BCUT2D eigenvalue weighted by Gasteiger charge is 2.10. The summed E-state index contributed by atoms with van der Waals surface area (Å²) in [5, 5.41) is 4.23. The van der Waals surface area contributed by atoms with Crippen LogP contribution in [0.4, 0.5) is 11.5 Å². The predicted octanol–water partition coefficient (Wildman–Crippen LogP) is 3.02. The number of ether oxygens (including phenoxy) is 1. The van der Waals surface area contributed by atoms with Gasteiger partial charge in [-0.25, -0.2) is 9.97 Å². The van der Waals surface area contributed by atoms with Crippen molar-refractivity contribution in [1.29, 1.82) is 0 Å². The number of methoxy groups -OCH3 is 1. The maximum absolute atomic E-state index is 10.7. The second kappa shape index (κ2) is 7.45. The minimum atomic E-state index is -2.33. The van der Waals surface area contributed by atoms with Crippen molar-refractivity contribution in [2.45, 2.75) is 13.0 Å². The van der Waals surface area contributed by atoms with E-state index in [9.17, 15) is 8.76 Å². The summed E-state index contributed by atoms with van der Waals surface area (Å²) in [5.41, 5.74) is 2.33. The first-order valence-electron chi connectivity index (χ1n) is 7.58. The third-order valence-corrected chi connectivity index (χ3v) is 4.21. The molecule has 1 heterocycles. The normalized spacial score (nSPS) is 13.2. The van der Waals surface area contributed by atoms with E-state index in [1.165, 1.54) is 6.33 Å². The van der Waals surface area contributed by atoms with E-state index < -0.39 is 11.3 Å². The van der Waals surface area contributed by atoms with Gasteiger partial charge in [-0.1, -0.05) is 12.1 Å². The van der Waals surface area contributed by atoms with E-state index in [4.69, 9.17) is 4.74 Å². The van der Waals surface area contributed by atoms with E-state index in [1.807, 2.05) is 37.3 Å². The number of anilines is 2. The molecule has 0 fully saturated rings. The van der Waals surface area contributed by atoms with Crippen LogP contribution in [0.3, 0.4) is 0 Å². The summed E-state index contributed by atoms with van der Waals surface area (Å²) in [6, 6.07) is 12.7. The lowest BCUT2D eigenvalue weighted by Gasteiger charge is -2.17. The highest BCUT2D eigenvalue weighted by molar-refractivity contribution is 7.80. The number of aromatic nitrogens is 2. The van der Waals surface area contributed by atoms with E-state index in [-0.39, 0.29) is 6.04 Å². The number of benzene rings is 2. The molecule has 130 valence electrons. The van der Waals surface area contributed by atoms with Crippen LogP contribution in [0.2, 0.25) is 0 Å². The van der Waals surface area contributed by atoms with Crippen LogP contribution in [0.15, 0.2) is 48.8 Å². The topological polar surface area (TPSA) is 99.2 Å². The van der Waals surface area contributed by atoms with Gasteiger partial charge in [0.15, 0.2) is 0 Å². The number of nitrogens with one attached hydrogen (secondary N) is 2. The Balaban J connectivity index is 1.84. The molecule has 25 heavy (non-hydrogen) atoms. The van der Waals surface area contributed by atoms with Crippen molar-refractivity contribution in [2.75, 3.05) is 17.1 Å². The molecular formula is C17H17N4O3S-. The zero-order valence-corrected chi connectivity index (χ0v) is 14.5. The van der Waals surface area contributed by atoms with E-state index >= 15 is 0 Å². The summed E-state index contributed by atoms with van der Waals surface area (Å²) in [4.78, 5) is 8.60. The molecule has 0 saturated carbocycles. The van der Waals surface area contributed by atoms with Gasteiger partial charge in [0.05, 0.1) is 12.6 Å². The average Bonchev–Trinajstić information content (AvgIpc) is 2.61. The van der Waals surface area contributed by atoms with Crippen LogP contribution in [0.5, 0.6) is 5.75 Å². The lowest BCUT2D eigenvalue weighted by atomic mass is 10.1. The third kappa shape index (κ3) is 4.04. The van der Waals surface area contributed by atoms with Crippen LogP contribution in [-0.2, 0) is 11.3 Å². The van der Waals surface area contributed by atoms with Crippen LogP contribution in [0.25, 0.3) is 10.9 Å². The fraction of sp³-hybridized carbons (Fsp3) is 0.176. The van der Waals surface area contributed by atoms with Gasteiger partial charge in [0.1, 0.15) is 17.9 Å². The maximum Gasteiger partial charge on any atom is 0.137 e. The largest absolute Gasteiger partial charge is 0.755 e. The van der Waals surface area contributed by atoms with Gasteiger partial charge in [0.2, 0.25) is 0 Å². The molecule has 7 nitrogen and oxygen atoms in total. The van der Waals surface area contributed by atoms with Gasteiger partial charge in [-0.05, 0) is 42.8 Å². The molecule has 1 aromatic heterocycles.